The minimum atomic E-state index is -0.428. The Balaban J connectivity index is 1.40. The number of nitrogens with zero attached hydrogens (tertiary/aromatic N) is 1. The van der Waals surface area contributed by atoms with Gasteiger partial charge in [0.15, 0.2) is 0 Å². The highest BCUT2D eigenvalue weighted by atomic mass is 35.5. The van der Waals surface area contributed by atoms with Gasteiger partial charge in [0.1, 0.15) is 18.1 Å². The second-order valence-corrected chi connectivity index (χ2v) is 9.69. The number of hydrogen-bond acceptors (Lipinski definition) is 5. The van der Waals surface area contributed by atoms with Gasteiger partial charge in [-0.25, -0.2) is 5.43 Å². The molecule has 0 spiro atoms. The van der Waals surface area contributed by atoms with Crippen LogP contribution in [-0.2, 0) is 6.42 Å². The third-order valence-corrected chi connectivity index (χ3v) is 6.51. The summed E-state index contributed by atoms with van der Waals surface area (Å²) in [6, 6.07) is 26.9. The standard InChI is InChI=1S/C32H32ClN3O3/c1-22-8-10-24(11-9-22)14-15-34-16-17-39-31-23(2)18-25(19-28(31)26-6-4-3-5-7-26)21-35-36-32(38)27-12-13-30(37)29(33)20-27/h3-13,18-21,34,37H,14-17H2,1-2H3,(H,36,38)/b35-21+. The predicted molar refractivity (Wildman–Crippen MR) is 158 cm³/mol. The molecule has 6 nitrogen and oxygen atoms in total. The first-order valence-corrected chi connectivity index (χ1v) is 13.2. The fourth-order valence-corrected chi connectivity index (χ4v) is 4.30. The number of hydrogen-bond donors (Lipinski definition) is 3. The maximum atomic E-state index is 12.4. The van der Waals surface area contributed by atoms with Crippen molar-refractivity contribution in [3.63, 3.8) is 0 Å². The number of nitrogens with one attached hydrogen (secondary N) is 2. The second kappa shape index (κ2) is 13.6. The van der Waals surface area contributed by atoms with Crippen LogP contribution in [0.2, 0.25) is 5.02 Å². The highest BCUT2D eigenvalue weighted by molar-refractivity contribution is 6.32. The molecule has 3 N–H and O–H groups in total. The first-order chi connectivity index (χ1) is 18.9. The third-order valence-electron chi connectivity index (χ3n) is 6.21. The SMILES string of the molecule is Cc1ccc(CCNCCOc2c(C)cc(/C=N/NC(=O)c3ccc(O)c(Cl)c3)cc2-c2ccccc2)cc1. The number of halogens is 1. The lowest BCUT2D eigenvalue weighted by Crippen LogP contribution is -2.23. The van der Waals surface area contributed by atoms with E-state index in [1.165, 1.54) is 29.3 Å². The van der Waals surface area contributed by atoms with E-state index in [0.29, 0.717) is 12.2 Å². The Kier molecular flexibility index (Phi) is 9.73. The smallest absolute Gasteiger partial charge is 0.271 e. The molecule has 0 aliphatic rings. The summed E-state index contributed by atoms with van der Waals surface area (Å²) in [6.45, 7) is 6.25. The Bertz CT molecular complexity index is 1440. The zero-order valence-corrected chi connectivity index (χ0v) is 22.8. The number of carbonyl (C=O) groups is 1. The van der Waals surface area contributed by atoms with Crippen molar-refractivity contribution in [1.29, 1.82) is 0 Å². The van der Waals surface area contributed by atoms with Crippen molar-refractivity contribution in [2.75, 3.05) is 19.7 Å². The van der Waals surface area contributed by atoms with E-state index in [9.17, 15) is 9.90 Å². The molecule has 0 bridgehead atoms. The van der Waals surface area contributed by atoms with Crippen molar-refractivity contribution in [1.82, 2.24) is 10.7 Å². The van der Waals surface area contributed by atoms with Crippen LogP contribution >= 0.6 is 11.6 Å². The number of carbonyl (C=O) groups excluding carboxylic acids is 1. The van der Waals surface area contributed by atoms with Gasteiger partial charge in [-0.1, -0.05) is 71.8 Å². The Labute approximate surface area is 234 Å². The van der Waals surface area contributed by atoms with E-state index in [0.717, 1.165) is 47.5 Å². The molecule has 0 saturated carbocycles. The molecule has 200 valence electrons. The summed E-state index contributed by atoms with van der Waals surface area (Å²) in [4.78, 5) is 12.4. The molecule has 4 aromatic rings. The predicted octanol–water partition coefficient (Wildman–Crippen LogP) is 6.30. The second-order valence-electron chi connectivity index (χ2n) is 9.28. The molecule has 0 fully saturated rings. The van der Waals surface area contributed by atoms with Gasteiger partial charge in [0.2, 0.25) is 0 Å². The summed E-state index contributed by atoms with van der Waals surface area (Å²) >= 11 is 5.90. The van der Waals surface area contributed by atoms with Crippen molar-refractivity contribution < 1.29 is 14.6 Å². The highest BCUT2D eigenvalue weighted by Crippen LogP contribution is 2.34. The highest BCUT2D eigenvalue weighted by Gasteiger charge is 2.12. The molecule has 0 aromatic heterocycles. The van der Waals surface area contributed by atoms with Crippen LogP contribution in [0.3, 0.4) is 0 Å². The van der Waals surface area contributed by atoms with E-state index in [4.69, 9.17) is 16.3 Å². The van der Waals surface area contributed by atoms with Crippen molar-refractivity contribution in [2.45, 2.75) is 20.3 Å². The number of ether oxygens (including phenoxy) is 1. The Hall–Kier alpha value is -4.13. The number of amides is 1. The Morgan fingerprint density at radius 3 is 2.49 bits per heavy atom. The van der Waals surface area contributed by atoms with Crippen molar-refractivity contribution in [2.24, 2.45) is 5.10 Å². The summed E-state index contributed by atoms with van der Waals surface area (Å²) in [6.07, 6.45) is 2.56. The van der Waals surface area contributed by atoms with E-state index in [1.54, 1.807) is 6.21 Å². The van der Waals surface area contributed by atoms with Crippen LogP contribution in [0.25, 0.3) is 11.1 Å². The van der Waals surface area contributed by atoms with Crippen LogP contribution in [0.4, 0.5) is 0 Å². The van der Waals surface area contributed by atoms with Gasteiger partial charge >= 0.3 is 0 Å². The molecule has 0 saturated heterocycles. The molecule has 1 amide bonds. The van der Waals surface area contributed by atoms with Crippen LogP contribution < -0.4 is 15.5 Å². The first-order valence-electron chi connectivity index (χ1n) is 12.8. The minimum Gasteiger partial charge on any atom is -0.506 e. The van der Waals surface area contributed by atoms with Crippen LogP contribution in [0.5, 0.6) is 11.5 Å². The van der Waals surface area contributed by atoms with Gasteiger partial charge in [-0.15, -0.1) is 0 Å². The summed E-state index contributed by atoms with van der Waals surface area (Å²) in [5, 5.41) is 17.2. The number of aryl methyl sites for hydroxylation is 2. The Morgan fingerprint density at radius 2 is 1.74 bits per heavy atom. The molecular weight excluding hydrogens is 510 g/mol. The average Bonchev–Trinajstić information content (AvgIpc) is 2.94. The van der Waals surface area contributed by atoms with E-state index in [1.807, 2.05) is 49.4 Å². The monoisotopic (exact) mass is 541 g/mol. The lowest BCUT2D eigenvalue weighted by molar-refractivity contribution is 0.0955. The molecule has 0 unspecified atom stereocenters. The molecule has 4 aromatic carbocycles. The molecule has 0 aliphatic heterocycles. The van der Waals surface area contributed by atoms with E-state index >= 15 is 0 Å². The van der Waals surface area contributed by atoms with Crippen LogP contribution in [0, 0.1) is 13.8 Å². The van der Waals surface area contributed by atoms with Crippen molar-refractivity contribution in [3.05, 3.63) is 118 Å². The minimum absolute atomic E-state index is 0.0824. The number of phenolic OH excluding ortho intramolecular Hbond substituents is 1. The maximum Gasteiger partial charge on any atom is 0.271 e. The Morgan fingerprint density at radius 1 is 0.974 bits per heavy atom. The van der Waals surface area contributed by atoms with E-state index in [2.05, 4.69) is 47.0 Å². The topological polar surface area (TPSA) is 83.0 Å². The fourth-order valence-electron chi connectivity index (χ4n) is 4.12. The fraction of sp³-hybridized carbons (Fsp3) is 0.188. The van der Waals surface area contributed by atoms with Gasteiger partial charge in [0, 0.05) is 17.7 Å². The van der Waals surface area contributed by atoms with Crippen LogP contribution in [0.1, 0.15) is 32.6 Å². The molecule has 7 heteroatoms. The zero-order chi connectivity index (χ0) is 27.6. The summed E-state index contributed by atoms with van der Waals surface area (Å²) in [7, 11) is 0. The van der Waals surface area contributed by atoms with Gasteiger partial charge in [-0.05, 0) is 79.4 Å². The van der Waals surface area contributed by atoms with Crippen LogP contribution in [0.15, 0.2) is 90.0 Å². The number of rotatable bonds is 11. The molecule has 0 atom stereocenters. The zero-order valence-electron chi connectivity index (χ0n) is 22.1. The van der Waals surface area contributed by atoms with E-state index < -0.39 is 5.91 Å². The maximum absolute atomic E-state index is 12.4. The molecular formula is C32H32ClN3O3. The third kappa shape index (κ3) is 7.93. The lowest BCUT2D eigenvalue weighted by atomic mass is 9.99. The number of aromatic hydroxyl groups is 1. The van der Waals surface area contributed by atoms with Crippen molar-refractivity contribution >= 4 is 23.7 Å². The lowest BCUT2D eigenvalue weighted by Gasteiger charge is -2.16. The first kappa shape index (κ1) is 27.9. The summed E-state index contributed by atoms with van der Waals surface area (Å²) in [5.74, 6) is 0.311. The molecule has 4 rings (SSSR count). The van der Waals surface area contributed by atoms with Gasteiger partial charge in [0.05, 0.1) is 11.2 Å². The quantitative estimate of drug-likeness (QED) is 0.118. The normalized spacial score (nSPS) is 11.1. The molecule has 0 heterocycles. The molecule has 39 heavy (non-hydrogen) atoms. The number of phenols is 1. The summed E-state index contributed by atoms with van der Waals surface area (Å²) in [5.41, 5.74) is 9.16. The van der Waals surface area contributed by atoms with Gasteiger partial charge in [0.25, 0.3) is 5.91 Å². The largest absolute Gasteiger partial charge is 0.506 e. The van der Waals surface area contributed by atoms with Crippen molar-refractivity contribution in [3.8, 4) is 22.6 Å². The number of hydrazone groups is 1. The summed E-state index contributed by atoms with van der Waals surface area (Å²) < 4.78 is 6.26. The van der Waals surface area contributed by atoms with Gasteiger partial charge < -0.3 is 15.2 Å². The number of benzene rings is 4. The molecule has 0 aliphatic carbocycles. The van der Waals surface area contributed by atoms with Gasteiger partial charge in [-0.3, -0.25) is 4.79 Å². The van der Waals surface area contributed by atoms with E-state index in [-0.39, 0.29) is 10.8 Å². The molecule has 0 radical (unpaired) electrons. The van der Waals surface area contributed by atoms with Gasteiger partial charge in [-0.2, -0.15) is 5.10 Å². The average molecular weight is 542 g/mol. The van der Waals surface area contributed by atoms with Crippen LogP contribution in [-0.4, -0.2) is 36.9 Å².